The molecule has 0 saturated carbocycles. The molecule has 4 nitrogen and oxygen atoms in total. The molecule has 0 aliphatic rings. The summed E-state index contributed by atoms with van der Waals surface area (Å²) in [5, 5.41) is 15.4. The van der Waals surface area contributed by atoms with Crippen molar-refractivity contribution < 1.29 is 9.90 Å². The van der Waals surface area contributed by atoms with Crippen molar-refractivity contribution >= 4 is 5.91 Å². The van der Waals surface area contributed by atoms with Crippen molar-refractivity contribution in [1.29, 1.82) is 0 Å². The van der Waals surface area contributed by atoms with E-state index in [9.17, 15) is 9.90 Å². The van der Waals surface area contributed by atoms with E-state index in [1.54, 1.807) is 19.2 Å². The number of aliphatic hydroxyl groups is 1. The van der Waals surface area contributed by atoms with Gasteiger partial charge in [-0.2, -0.15) is 0 Å². The summed E-state index contributed by atoms with van der Waals surface area (Å²) in [5.74, 6) is -0.0907. The fourth-order valence-electron chi connectivity index (χ4n) is 2.13. The van der Waals surface area contributed by atoms with Crippen LogP contribution in [-0.2, 0) is 6.54 Å². The molecule has 1 unspecified atom stereocenters. The van der Waals surface area contributed by atoms with E-state index >= 15 is 0 Å². The molecule has 0 spiro atoms. The van der Waals surface area contributed by atoms with Crippen LogP contribution >= 0.6 is 0 Å². The Labute approximate surface area is 124 Å². The zero-order chi connectivity index (χ0) is 15.1. The molecule has 3 N–H and O–H groups in total. The number of hydrogen-bond acceptors (Lipinski definition) is 3. The van der Waals surface area contributed by atoms with Crippen LogP contribution in [0, 0.1) is 0 Å². The molecule has 1 amide bonds. The maximum Gasteiger partial charge on any atom is 0.251 e. The van der Waals surface area contributed by atoms with Gasteiger partial charge in [-0.1, -0.05) is 42.5 Å². The lowest BCUT2D eigenvalue weighted by atomic mass is 10.1. The minimum absolute atomic E-state index is 0.0420. The maximum atomic E-state index is 11.5. The van der Waals surface area contributed by atoms with Crippen molar-refractivity contribution in [1.82, 2.24) is 10.6 Å². The molecular formula is C17H20N2O2. The van der Waals surface area contributed by atoms with E-state index < -0.39 is 0 Å². The lowest BCUT2D eigenvalue weighted by Crippen LogP contribution is -2.24. The second-order valence-electron chi connectivity index (χ2n) is 4.80. The monoisotopic (exact) mass is 284 g/mol. The summed E-state index contributed by atoms with van der Waals surface area (Å²) in [6, 6.07) is 17.2. The van der Waals surface area contributed by atoms with Gasteiger partial charge in [0.1, 0.15) is 0 Å². The number of benzene rings is 2. The third-order valence-electron chi connectivity index (χ3n) is 3.38. The average Bonchev–Trinajstić information content (AvgIpc) is 2.56. The van der Waals surface area contributed by atoms with Gasteiger partial charge in [-0.15, -0.1) is 0 Å². The fraction of sp³-hybridized carbons (Fsp3) is 0.235. The number of rotatable bonds is 6. The van der Waals surface area contributed by atoms with E-state index in [2.05, 4.69) is 10.6 Å². The Kier molecular flexibility index (Phi) is 5.49. The first-order valence-corrected chi connectivity index (χ1v) is 6.95. The number of carbonyl (C=O) groups is 1. The summed E-state index contributed by atoms with van der Waals surface area (Å²) in [6.45, 7) is 0.675. The summed E-state index contributed by atoms with van der Waals surface area (Å²) < 4.78 is 0. The van der Waals surface area contributed by atoms with Gasteiger partial charge in [0.05, 0.1) is 12.6 Å². The zero-order valence-electron chi connectivity index (χ0n) is 12.0. The molecule has 0 aliphatic carbocycles. The van der Waals surface area contributed by atoms with E-state index in [1.165, 1.54) is 0 Å². The molecule has 21 heavy (non-hydrogen) atoms. The molecule has 2 aromatic carbocycles. The largest absolute Gasteiger partial charge is 0.394 e. The van der Waals surface area contributed by atoms with Crippen LogP contribution in [0.3, 0.4) is 0 Å². The van der Waals surface area contributed by atoms with Gasteiger partial charge < -0.3 is 15.7 Å². The molecule has 110 valence electrons. The van der Waals surface area contributed by atoms with E-state index in [0.29, 0.717) is 12.1 Å². The molecule has 0 aromatic heterocycles. The third-order valence-corrected chi connectivity index (χ3v) is 3.38. The topological polar surface area (TPSA) is 61.4 Å². The van der Waals surface area contributed by atoms with E-state index in [4.69, 9.17) is 0 Å². The van der Waals surface area contributed by atoms with Gasteiger partial charge in [0.15, 0.2) is 0 Å². The fourth-order valence-corrected chi connectivity index (χ4v) is 2.13. The minimum Gasteiger partial charge on any atom is -0.394 e. The van der Waals surface area contributed by atoms with E-state index in [-0.39, 0.29) is 18.6 Å². The van der Waals surface area contributed by atoms with Gasteiger partial charge in [-0.05, 0) is 23.3 Å². The normalized spacial score (nSPS) is 11.9. The Bertz CT molecular complexity index is 567. The van der Waals surface area contributed by atoms with Crippen LogP contribution in [0.4, 0.5) is 0 Å². The van der Waals surface area contributed by atoms with Crippen molar-refractivity contribution in [3.63, 3.8) is 0 Å². The van der Waals surface area contributed by atoms with E-state index in [1.807, 2.05) is 42.5 Å². The van der Waals surface area contributed by atoms with Crippen LogP contribution in [0.5, 0.6) is 0 Å². The van der Waals surface area contributed by atoms with Gasteiger partial charge in [-0.25, -0.2) is 0 Å². The number of aliphatic hydroxyl groups excluding tert-OH is 1. The van der Waals surface area contributed by atoms with Crippen LogP contribution in [0.25, 0.3) is 0 Å². The zero-order valence-corrected chi connectivity index (χ0v) is 12.0. The standard InChI is InChI=1S/C17H20N2O2/c1-18-17(21)15-9-7-13(8-10-15)11-19-16(12-20)14-5-3-2-4-6-14/h2-10,16,19-20H,11-12H2,1H3,(H,18,21). The second kappa shape index (κ2) is 7.57. The molecular weight excluding hydrogens is 264 g/mol. The highest BCUT2D eigenvalue weighted by molar-refractivity contribution is 5.93. The molecule has 2 rings (SSSR count). The third kappa shape index (κ3) is 4.15. The van der Waals surface area contributed by atoms with Gasteiger partial charge >= 0.3 is 0 Å². The molecule has 0 aliphatic heterocycles. The van der Waals surface area contributed by atoms with Crippen molar-refractivity contribution in [2.24, 2.45) is 0 Å². The Morgan fingerprint density at radius 2 is 1.76 bits per heavy atom. The van der Waals surface area contributed by atoms with Crippen LogP contribution in [0.1, 0.15) is 27.5 Å². The highest BCUT2D eigenvalue weighted by atomic mass is 16.3. The maximum absolute atomic E-state index is 11.5. The van der Waals surface area contributed by atoms with E-state index in [0.717, 1.165) is 11.1 Å². The molecule has 2 aromatic rings. The van der Waals surface area contributed by atoms with Crippen molar-refractivity contribution in [2.75, 3.05) is 13.7 Å². The van der Waals surface area contributed by atoms with Gasteiger partial charge in [0.2, 0.25) is 0 Å². The average molecular weight is 284 g/mol. The molecule has 0 bridgehead atoms. The minimum atomic E-state index is -0.0928. The molecule has 0 radical (unpaired) electrons. The summed E-state index contributed by atoms with van der Waals surface area (Å²) in [7, 11) is 1.61. The Morgan fingerprint density at radius 1 is 1.10 bits per heavy atom. The SMILES string of the molecule is CNC(=O)c1ccc(CNC(CO)c2ccccc2)cc1. The quantitative estimate of drug-likeness (QED) is 0.759. The number of nitrogens with one attached hydrogen (secondary N) is 2. The van der Waals surface area contributed by atoms with Crippen LogP contribution in [0.15, 0.2) is 54.6 Å². The predicted molar refractivity (Wildman–Crippen MR) is 82.9 cm³/mol. The lowest BCUT2D eigenvalue weighted by molar-refractivity contribution is 0.0963. The molecule has 1 atom stereocenters. The van der Waals surface area contributed by atoms with Gasteiger partial charge in [0.25, 0.3) is 5.91 Å². The first-order chi connectivity index (χ1) is 10.2. The van der Waals surface area contributed by atoms with Crippen molar-refractivity contribution in [3.8, 4) is 0 Å². The Hall–Kier alpha value is -2.17. The van der Waals surface area contributed by atoms with Crippen LogP contribution in [0.2, 0.25) is 0 Å². The highest BCUT2D eigenvalue weighted by Gasteiger charge is 2.09. The second-order valence-corrected chi connectivity index (χ2v) is 4.80. The predicted octanol–water partition coefficient (Wildman–Crippen LogP) is 1.87. The summed E-state index contributed by atoms with van der Waals surface area (Å²) in [4.78, 5) is 11.5. The number of amides is 1. The lowest BCUT2D eigenvalue weighted by Gasteiger charge is -2.16. The highest BCUT2D eigenvalue weighted by Crippen LogP contribution is 2.13. The Morgan fingerprint density at radius 3 is 2.33 bits per heavy atom. The molecule has 4 heteroatoms. The van der Waals surface area contributed by atoms with Gasteiger partial charge in [-0.3, -0.25) is 4.79 Å². The number of carbonyl (C=O) groups excluding carboxylic acids is 1. The van der Waals surface area contributed by atoms with Gasteiger partial charge in [0, 0.05) is 19.2 Å². The first kappa shape index (κ1) is 15.2. The van der Waals surface area contributed by atoms with Crippen LogP contribution < -0.4 is 10.6 Å². The first-order valence-electron chi connectivity index (χ1n) is 6.95. The summed E-state index contributed by atoms with van der Waals surface area (Å²) >= 11 is 0. The molecule has 0 heterocycles. The number of hydrogen-bond donors (Lipinski definition) is 3. The smallest absolute Gasteiger partial charge is 0.251 e. The molecule has 0 fully saturated rings. The molecule has 0 saturated heterocycles. The van der Waals surface area contributed by atoms with Crippen molar-refractivity contribution in [3.05, 3.63) is 71.3 Å². The summed E-state index contributed by atoms with van der Waals surface area (Å²) in [6.07, 6.45) is 0. The van der Waals surface area contributed by atoms with Crippen molar-refractivity contribution in [2.45, 2.75) is 12.6 Å². The van der Waals surface area contributed by atoms with Crippen LogP contribution in [-0.4, -0.2) is 24.7 Å². The Balaban J connectivity index is 1.97. The summed E-state index contributed by atoms with van der Waals surface area (Å²) in [5.41, 5.74) is 2.77.